The van der Waals surface area contributed by atoms with Crippen LogP contribution in [0.1, 0.15) is 24.4 Å². The van der Waals surface area contributed by atoms with Gasteiger partial charge in [0.15, 0.2) is 0 Å². The lowest BCUT2D eigenvalue weighted by Gasteiger charge is -2.01. The Hall–Kier alpha value is -1.91. The van der Waals surface area contributed by atoms with Crippen molar-refractivity contribution in [2.45, 2.75) is 25.4 Å². The molecular formula is C12H12FN3O. The van der Waals surface area contributed by atoms with E-state index in [1.807, 2.05) is 0 Å². The Kier molecular flexibility index (Phi) is 2.31. The normalized spacial score (nSPS) is 15.1. The second kappa shape index (κ2) is 3.84. The first-order valence-corrected chi connectivity index (χ1v) is 5.61. The highest BCUT2D eigenvalue weighted by atomic mass is 19.1. The Morgan fingerprint density at radius 3 is 2.88 bits per heavy atom. The van der Waals surface area contributed by atoms with Crippen LogP contribution in [0.15, 0.2) is 35.6 Å². The molecule has 0 spiro atoms. The van der Waals surface area contributed by atoms with Gasteiger partial charge in [-0.3, -0.25) is 14.1 Å². The molecule has 88 valence electrons. The Balaban J connectivity index is 1.88. The largest absolute Gasteiger partial charge is 0.328 e. The van der Waals surface area contributed by atoms with Crippen LogP contribution in [-0.2, 0) is 6.54 Å². The molecule has 2 heterocycles. The lowest BCUT2D eigenvalue weighted by Crippen LogP contribution is -2.23. The third kappa shape index (κ3) is 2.00. The van der Waals surface area contributed by atoms with Crippen molar-refractivity contribution in [3.63, 3.8) is 0 Å². The maximum Gasteiger partial charge on any atom is 0.328 e. The molecule has 1 aliphatic rings. The molecule has 1 saturated carbocycles. The van der Waals surface area contributed by atoms with Crippen molar-refractivity contribution in [2.24, 2.45) is 0 Å². The summed E-state index contributed by atoms with van der Waals surface area (Å²) in [5.41, 5.74) is 0.664. The molecule has 1 aliphatic carbocycles. The highest BCUT2D eigenvalue weighted by Crippen LogP contribution is 2.33. The quantitative estimate of drug-likeness (QED) is 0.807. The molecule has 0 aliphatic heterocycles. The predicted molar refractivity (Wildman–Crippen MR) is 60.3 cm³/mol. The fourth-order valence-corrected chi connectivity index (χ4v) is 1.92. The standard InChI is InChI=1S/C12H12FN3O/c13-10-5-9(6-14-7-10)8-15-3-4-16(12(15)17)11-1-2-11/h3-7,11H,1-2,8H2. The van der Waals surface area contributed by atoms with Crippen molar-refractivity contribution < 1.29 is 4.39 Å². The topological polar surface area (TPSA) is 39.8 Å². The van der Waals surface area contributed by atoms with Crippen LogP contribution < -0.4 is 5.69 Å². The summed E-state index contributed by atoms with van der Waals surface area (Å²) in [5.74, 6) is -0.378. The van der Waals surface area contributed by atoms with E-state index in [0.29, 0.717) is 18.2 Å². The number of hydrogen-bond donors (Lipinski definition) is 0. The van der Waals surface area contributed by atoms with Crippen LogP contribution in [0.3, 0.4) is 0 Å². The molecule has 0 amide bonds. The first-order valence-electron chi connectivity index (χ1n) is 5.61. The Morgan fingerprint density at radius 2 is 2.18 bits per heavy atom. The van der Waals surface area contributed by atoms with E-state index in [4.69, 9.17) is 0 Å². The number of nitrogens with zero attached hydrogens (tertiary/aromatic N) is 3. The van der Waals surface area contributed by atoms with E-state index < -0.39 is 0 Å². The Labute approximate surface area is 97.3 Å². The van der Waals surface area contributed by atoms with Crippen molar-refractivity contribution >= 4 is 0 Å². The SMILES string of the molecule is O=c1n(Cc2cncc(F)c2)ccn1C1CC1. The van der Waals surface area contributed by atoms with Gasteiger partial charge in [-0.2, -0.15) is 0 Å². The van der Waals surface area contributed by atoms with Crippen molar-refractivity contribution in [3.05, 3.63) is 52.7 Å². The number of hydrogen-bond acceptors (Lipinski definition) is 2. The first-order chi connectivity index (χ1) is 8.24. The molecule has 4 nitrogen and oxygen atoms in total. The summed E-state index contributed by atoms with van der Waals surface area (Å²) in [5, 5.41) is 0. The van der Waals surface area contributed by atoms with Crippen LogP contribution in [0.5, 0.6) is 0 Å². The van der Waals surface area contributed by atoms with Gasteiger partial charge in [0.25, 0.3) is 0 Å². The van der Waals surface area contributed by atoms with E-state index in [9.17, 15) is 9.18 Å². The molecular weight excluding hydrogens is 221 g/mol. The highest BCUT2D eigenvalue weighted by Gasteiger charge is 2.25. The van der Waals surface area contributed by atoms with Gasteiger partial charge in [0.1, 0.15) is 5.82 Å². The second-order valence-corrected chi connectivity index (χ2v) is 4.36. The van der Waals surface area contributed by atoms with Crippen molar-refractivity contribution in [3.8, 4) is 0 Å². The van der Waals surface area contributed by atoms with Crippen LogP contribution in [0.25, 0.3) is 0 Å². The fraction of sp³-hybridized carbons (Fsp3) is 0.333. The van der Waals surface area contributed by atoms with Crippen molar-refractivity contribution in [1.82, 2.24) is 14.1 Å². The predicted octanol–water partition coefficient (Wildman–Crippen LogP) is 1.57. The highest BCUT2D eigenvalue weighted by molar-refractivity contribution is 5.11. The van der Waals surface area contributed by atoms with E-state index >= 15 is 0 Å². The van der Waals surface area contributed by atoms with Gasteiger partial charge in [0.05, 0.1) is 12.7 Å². The minimum absolute atomic E-state index is 0.0308. The van der Waals surface area contributed by atoms with E-state index in [2.05, 4.69) is 4.98 Å². The average molecular weight is 233 g/mol. The number of imidazole rings is 1. The van der Waals surface area contributed by atoms with E-state index in [1.165, 1.54) is 6.07 Å². The van der Waals surface area contributed by atoms with Crippen LogP contribution in [-0.4, -0.2) is 14.1 Å². The Bertz CT molecular complexity index is 598. The van der Waals surface area contributed by atoms with Crippen LogP contribution >= 0.6 is 0 Å². The smallest absolute Gasteiger partial charge is 0.296 e. The van der Waals surface area contributed by atoms with E-state index in [1.54, 1.807) is 27.7 Å². The first kappa shape index (κ1) is 10.3. The van der Waals surface area contributed by atoms with E-state index in [0.717, 1.165) is 19.0 Å². The average Bonchev–Trinajstić information content (AvgIpc) is 3.07. The molecule has 0 saturated heterocycles. The molecule has 0 radical (unpaired) electrons. The van der Waals surface area contributed by atoms with Gasteiger partial charge in [-0.25, -0.2) is 9.18 Å². The third-order valence-electron chi connectivity index (χ3n) is 2.93. The summed E-state index contributed by atoms with van der Waals surface area (Å²) in [7, 11) is 0. The molecule has 5 heteroatoms. The number of aromatic nitrogens is 3. The molecule has 2 aromatic rings. The Morgan fingerprint density at radius 1 is 1.35 bits per heavy atom. The summed E-state index contributed by atoms with van der Waals surface area (Å²) >= 11 is 0. The lowest BCUT2D eigenvalue weighted by atomic mass is 10.3. The summed E-state index contributed by atoms with van der Waals surface area (Å²) in [6.45, 7) is 0.364. The molecule has 0 atom stereocenters. The maximum atomic E-state index is 13.0. The summed E-state index contributed by atoms with van der Waals surface area (Å²) in [6.07, 6.45) is 8.42. The zero-order valence-corrected chi connectivity index (χ0v) is 9.21. The zero-order valence-electron chi connectivity index (χ0n) is 9.21. The number of pyridine rings is 1. The molecule has 17 heavy (non-hydrogen) atoms. The second-order valence-electron chi connectivity index (χ2n) is 4.36. The molecule has 0 bridgehead atoms. The number of rotatable bonds is 3. The van der Waals surface area contributed by atoms with Gasteiger partial charge < -0.3 is 0 Å². The van der Waals surface area contributed by atoms with Gasteiger partial charge in [0.2, 0.25) is 0 Å². The molecule has 0 N–H and O–H groups in total. The summed E-state index contributed by atoms with van der Waals surface area (Å²) in [4.78, 5) is 15.7. The van der Waals surface area contributed by atoms with Gasteiger partial charge in [-0.05, 0) is 24.5 Å². The molecule has 1 fully saturated rings. The fourth-order valence-electron chi connectivity index (χ4n) is 1.92. The minimum atomic E-state index is -0.378. The molecule has 2 aromatic heterocycles. The van der Waals surface area contributed by atoms with Crippen LogP contribution in [0, 0.1) is 5.82 Å². The van der Waals surface area contributed by atoms with Gasteiger partial charge in [-0.1, -0.05) is 0 Å². The minimum Gasteiger partial charge on any atom is -0.296 e. The third-order valence-corrected chi connectivity index (χ3v) is 2.93. The van der Waals surface area contributed by atoms with Gasteiger partial charge >= 0.3 is 5.69 Å². The summed E-state index contributed by atoms with van der Waals surface area (Å²) < 4.78 is 16.3. The van der Waals surface area contributed by atoms with E-state index in [-0.39, 0.29) is 11.5 Å². The lowest BCUT2D eigenvalue weighted by molar-refractivity contribution is 0.612. The molecule has 3 rings (SSSR count). The monoisotopic (exact) mass is 233 g/mol. The maximum absolute atomic E-state index is 13.0. The zero-order chi connectivity index (χ0) is 11.8. The van der Waals surface area contributed by atoms with Crippen LogP contribution in [0.4, 0.5) is 4.39 Å². The van der Waals surface area contributed by atoms with Crippen molar-refractivity contribution in [2.75, 3.05) is 0 Å². The van der Waals surface area contributed by atoms with Gasteiger partial charge in [0, 0.05) is 24.6 Å². The van der Waals surface area contributed by atoms with Crippen molar-refractivity contribution in [1.29, 1.82) is 0 Å². The molecule has 0 unspecified atom stereocenters. The van der Waals surface area contributed by atoms with Crippen LogP contribution in [0.2, 0.25) is 0 Å². The van der Waals surface area contributed by atoms with Gasteiger partial charge in [-0.15, -0.1) is 0 Å². The summed E-state index contributed by atoms with van der Waals surface area (Å²) in [6, 6.07) is 1.77. The molecule has 0 aromatic carbocycles. The number of halogens is 1.